The fourth-order valence-corrected chi connectivity index (χ4v) is 4.47. The van der Waals surface area contributed by atoms with Crippen LogP contribution in [0.3, 0.4) is 0 Å². The number of thioether (sulfide) groups is 1. The Morgan fingerprint density at radius 3 is 2.41 bits per heavy atom. The maximum Gasteiger partial charge on any atom is 0.290 e. The van der Waals surface area contributed by atoms with Crippen LogP contribution in [0.1, 0.15) is 16.7 Å². The normalized spacial score (nSPS) is 15.9. The molecule has 29 heavy (non-hydrogen) atoms. The lowest BCUT2D eigenvalue weighted by Gasteiger charge is -2.05. The van der Waals surface area contributed by atoms with Crippen molar-refractivity contribution >= 4 is 56.0 Å². The van der Waals surface area contributed by atoms with Gasteiger partial charge in [-0.1, -0.05) is 12.1 Å². The zero-order chi connectivity index (χ0) is 20.8. The van der Waals surface area contributed by atoms with Gasteiger partial charge in [0.2, 0.25) is 5.95 Å². The van der Waals surface area contributed by atoms with Crippen molar-refractivity contribution in [2.45, 2.75) is 18.7 Å². The molecule has 1 aliphatic rings. The average Bonchev–Trinajstić information content (AvgIpc) is 3.16. The molecule has 0 unspecified atom stereocenters. The van der Waals surface area contributed by atoms with E-state index >= 15 is 0 Å². The molecule has 2 aromatic carbocycles. The lowest BCUT2D eigenvalue weighted by Crippen LogP contribution is -2.17. The molecule has 4 rings (SSSR count). The number of anilines is 1. The first kappa shape index (κ1) is 19.2. The molecule has 1 fully saturated rings. The largest absolute Gasteiger partial charge is 0.323 e. The van der Waals surface area contributed by atoms with Crippen molar-refractivity contribution in [2.24, 2.45) is 0 Å². The lowest BCUT2D eigenvalue weighted by atomic mass is 10.1. The number of aromatic nitrogens is 2. The summed E-state index contributed by atoms with van der Waals surface area (Å²) in [6.45, 7) is 3.94. The van der Waals surface area contributed by atoms with Gasteiger partial charge in [0.1, 0.15) is 0 Å². The predicted octanol–water partition coefficient (Wildman–Crippen LogP) is 3.30. The van der Waals surface area contributed by atoms with E-state index < -0.39 is 21.2 Å². The molecule has 0 radical (unpaired) electrons. The number of nitrogens with one attached hydrogen (secondary N) is 3. The summed E-state index contributed by atoms with van der Waals surface area (Å²) in [6.07, 6.45) is 1.53. The van der Waals surface area contributed by atoms with Gasteiger partial charge >= 0.3 is 0 Å². The molecule has 8 nitrogen and oxygen atoms in total. The molecular formula is C19H16N4O4S2. The van der Waals surface area contributed by atoms with Crippen LogP contribution in [0.15, 0.2) is 46.2 Å². The standard InChI is InChI=1S/C19H16N4O4S2/c1-10-7-14-15(8-11(10)2)21-18(20-14)23-29(26,27)13-5-3-12(4-6-13)9-16-17(24)22-19(25)28-16/h3-9H,1-2H3,(H2,20,21,23)(H,22,24,25). The Morgan fingerprint density at radius 1 is 1.07 bits per heavy atom. The predicted molar refractivity (Wildman–Crippen MR) is 112 cm³/mol. The van der Waals surface area contributed by atoms with E-state index in [0.29, 0.717) is 11.1 Å². The number of nitrogens with zero attached hydrogens (tertiary/aromatic N) is 1. The van der Waals surface area contributed by atoms with Crippen LogP contribution in [-0.4, -0.2) is 29.5 Å². The molecule has 0 bridgehead atoms. The summed E-state index contributed by atoms with van der Waals surface area (Å²) in [7, 11) is -3.85. The summed E-state index contributed by atoms with van der Waals surface area (Å²) < 4.78 is 27.8. The highest BCUT2D eigenvalue weighted by molar-refractivity contribution is 8.18. The minimum absolute atomic E-state index is 0.0482. The Balaban J connectivity index is 1.57. The monoisotopic (exact) mass is 428 g/mol. The third-order valence-electron chi connectivity index (χ3n) is 4.46. The minimum Gasteiger partial charge on any atom is -0.323 e. The Hall–Kier alpha value is -3.11. The van der Waals surface area contributed by atoms with Crippen molar-refractivity contribution in [1.29, 1.82) is 0 Å². The molecule has 2 amide bonds. The van der Waals surface area contributed by atoms with Gasteiger partial charge in [0.25, 0.3) is 21.2 Å². The van der Waals surface area contributed by atoms with Crippen molar-refractivity contribution in [3.8, 4) is 0 Å². The number of hydrogen-bond acceptors (Lipinski definition) is 6. The highest BCUT2D eigenvalue weighted by Crippen LogP contribution is 2.26. The molecule has 0 saturated carbocycles. The van der Waals surface area contributed by atoms with Gasteiger partial charge in [0, 0.05) is 0 Å². The van der Waals surface area contributed by atoms with Crippen LogP contribution < -0.4 is 10.0 Å². The zero-order valence-electron chi connectivity index (χ0n) is 15.4. The van der Waals surface area contributed by atoms with E-state index in [-0.39, 0.29) is 15.7 Å². The molecule has 148 valence electrons. The molecule has 3 N–H and O–H groups in total. The zero-order valence-corrected chi connectivity index (χ0v) is 17.1. The second-order valence-electron chi connectivity index (χ2n) is 6.57. The van der Waals surface area contributed by atoms with Gasteiger partial charge in [-0.25, -0.2) is 18.1 Å². The van der Waals surface area contributed by atoms with Crippen molar-refractivity contribution in [2.75, 3.05) is 4.72 Å². The maximum atomic E-state index is 12.7. The van der Waals surface area contributed by atoms with Crippen LogP contribution in [0.4, 0.5) is 10.7 Å². The van der Waals surface area contributed by atoms with E-state index in [1.54, 1.807) is 12.1 Å². The third kappa shape index (κ3) is 3.89. The lowest BCUT2D eigenvalue weighted by molar-refractivity contribution is -0.115. The number of rotatable bonds is 4. The average molecular weight is 428 g/mol. The van der Waals surface area contributed by atoms with E-state index in [2.05, 4.69) is 20.0 Å². The molecule has 0 aliphatic carbocycles. The summed E-state index contributed by atoms with van der Waals surface area (Å²) >= 11 is 0.802. The van der Waals surface area contributed by atoms with Crippen LogP contribution in [0.2, 0.25) is 0 Å². The second kappa shape index (κ2) is 7.05. The summed E-state index contributed by atoms with van der Waals surface area (Å²) in [5.74, 6) is -0.331. The van der Waals surface area contributed by atoms with E-state index in [4.69, 9.17) is 0 Å². The Bertz CT molecular complexity index is 1250. The van der Waals surface area contributed by atoms with Crippen molar-refractivity contribution in [3.05, 3.63) is 58.0 Å². The molecule has 0 atom stereocenters. The van der Waals surface area contributed by atoms with Gasteiger partial charge in [0.05, 0.1) is 20.8 Å². The molecular weight excluding hydrogens is 412 g/mol. The van der Waals surface area contributed by atoms with Crippen molar-refractivity contribution in [3.63, 3.8) is 0 Å². The summed E-state index contributed by atoms with van der Waals surface area (Å²) in [5.41, 5.74) is 4.17. The summed E-state index contributed by atoms with van der Waals surface area (Å²) in [4.78, 5) is 30.4. The number of fused-ring (bicyclic) bond motifs is 1. The first-order chi connectivity index (χ1) is 13.7. The van der Waals surface area contributed by atoms with Crippen LogP contribution >= 0.6 is 11.8 Å². The first-order valence-corrected chi connectivity index (χ1v) is 10.9. The van der Waals surface area contributed by atoms with Crippen molar-refractivity contribution < 1.29 is 18.0 Å². The number of carbonyl (C=O) groups excluding carboxylic acids is 2. The molecule has 3 aromatic rings. The Kier molecular flexibility index (Phi) is 4.67. The fourth-order valence-electron chi connectivity index (χ4n) is 2.82. The molecule has 2 heterocycles. The van der Waals surface area contributed by atoms with E-state index in [9.17, 15) is 18.0 Å². The quantitative estimate of drug-likeness (QED) is 0.548. The van der Waals surface area contributed by atoms with E-state index in [0.717, 1.165) is 28.4 Å². The number of aryl methyl sites for hydroxylation is 2. The smallest absolute Gasteiger partial charge is 0.290 e. The number of benzene rings is 2. The van der Waals surface area contributed by atoms with Gasteiger partial charge in [-0.05, 0) is 72.6 Å². The topological polar surface area (TPSA) is 121 Å². The SMILES string of the molecule is Cc1cc2nc(NS(=O)(=O)c3ccc(C=C4SC(=O)NC4=O)cc3)[nH]c2cc1C. The van der Waals surface area contributed by atoms with Gasteiger partial charge in [-0.2, -0.15) is 0 Å². The fraction of sp³-hybridized carbons (Fsp3) is 0.105. The Labute approximate surface area is 170 Å². The van der Waals surface area contributed by atoms with E-state index in [1.807, 2.05) is 26.0 Å². The molecule has 0 spiro atoms. The Morgan fingerprint density at radius 2 is 1.76 bits per heavy atom. The number of imide groups is 1. The summed E-state index contributed by atoms with van der Waals surface area (Å²) in [6, 6.07) is 9.77. The number of amides is 2. The number of aromatic amines is 1. The number of H-pyrrole nitrogens is 1. The minimum atomic E-state index is -3.85. The highest BCUT2D eigenvalue weighted by Gasteiger charge is 2.25. The van der Waals surface area contributed by atoms with Gasteiger partial charge < -0.3 is 4.98 Å². The molecule has 10 heteroatoms. The number of imidazole rings is 1. The van der Waals surface area contributed by atoms with Gasteiger partial charge in [-0.3, -0.25) is 14.9 Å². The summed E-state index contributed by atoms with van der Waals surface area (Å²) in [5, 5.41) is 1.74. The second-order valence-corrected chi connectivity index (χ2v) is 9.26. The number of sulfonamides is 1. The van der Waals surface area contributed by atoms with Crippen LogP contribution in [0.5, 0.6) is 0 Å². The van der Waals surface area contributed by atoms with Crippen molar-refractivity contribution in [1.82, 2.24) is 15.3 Å². The molecule has 1 saturated heterocycles. The molecule has 1 aromatic heterocycles. The van der Waals surface area contributed by atoms with Gasteiger partial charge in [0.15, 0.2) is 0 Å². The van der Waals surface area contributed by atoms with Crippen LogP contribution in [0, 0.1) is 13.8 Å². The maximum absolute atomic E-state index is 12.7. The molecule has 1 aliphatic heterocycles. The van der Waals surface area contributed by atoms with E-state index in [1.165, 1.54) is 18.2 Å². The number of hydrogen-bond donors (Lipinski definition) is 3. The number of carbonyl (C=O) groups is 2. The first-order valence-electron chi connectivity index (χ1n) is 8.56. The van der Waals surface area contributed by atoms with Gasteiger partial charge in [-0.15, -0.1) is 0 Å². The van der Waals surface area contributed by atoms with Crippen LogP contribution in [0.25, 0.3) is 17.1 Å². The third-order valence-corrected chi connectivity index (χ3v) is 6.62. The highest BCUT2D eigenvalue weighted by atomic mass is 32.2. The van der Waals surface area contributed by atoms with Crippen LogP contribution in [-0.2, 0) is 14.8 Å².